The quantitative estimate of drug-likeness (QED) is 0.594. The van der Waals surface area contributed by atoms with E-state index in [1.165, 1.54) is 31.3 Å². The van der Waals surface area contributed by atoms with Crippen molar-refractivity contribution in [3.05, 3.63) is 89.7 Å². The van der Waals surface area contributed by atoms with Crippen LogP contribution < -0.4 is 14.8 Å². The number of pyridine rings is 1. The largest absolute Gasteiger partial charge is 0.489 e. The number of nitrogens with zero attached hydrogens (tertiary/aromatic N) is 1. The molecule has 1 heterocycles. The van der Waals surface area contributed by atoms with Crippen LogP contribution in [0.4, 0.5) is 0 Å². The van der Waals surface area contributed by atoms with Gasteiger partial charge in [0, 0.05) is 30.1 Å². The number of hydrogen-bond donors (Lipinski definition) is 2. The molecule has 0 aliphatic heterocycles. The van der Waals surface area contributed by atoms with Crippen molar-refractivity contribution in [2.45, 2.75) is 18.0 Å². The Bertz CT molecular complexity index is 1050. The van der Waals surface area contributed by atoms with Gasteiger partial charge in [-0.3, -0.25) is 9.78 Å². The van der Waals surface area contributed by atoms with Gasteiger partial charge in [-0.2, -0.15) is 0 Å². The predicted octanol–water partition coefficient (Wildman–Crippen LogP) is 2.50. The van der Waals surface area contributed by atoms with Gasteiger partial charge in [-0.25, -0.2) is 13.1 Å². The third-order valence-electron chi connectivity index (χ3n) is 4.20. The Balaban J connectivity index is 1.52. The van der Waals surface area contributed by atoms with Crippen LogP contribution in [-0.4, -0.2) is 26.4 Å². The number of carbonyl (C=O) groups is 1. The van der Waals surface area contributed by atoms with Crippen molar-refractivity contribution in [3.63, 3.8) is 0 Å². The van der Waals surface area contributed by atoms with Crippen molar-refractivity contribution >= 4 is 15.9 Å². The summed E-state index contributed by atoms with van der Waals surface area (Å²) in [7, 11) is -2.18. The molecule has 0 bridgehead atoms. The summed E-state index contributed by atoms with van der Waals surface area (Å²) in [5, 5.41) is 2.81. The molecule has 150 valence electrons. The Labute approximate surface area is 169 Å². The molecule has 0 saturated carbocycles. The molecule has 1 amide bonds. The summed E-state index contributed by atoms with van der Waals surface area (Å²) in [4.78, 5) is 16.4. The molecule has 0 atom stereocenters. The average molecular weight is 411 g/mol. The zero-order chi connectivity index (χ0) is 20.7. The zero-order valence-corrected chi connectivity index (χ0v) is 16.6. The molecule has 0 unspecified atom stereocenters. The average Bonchev–Trinajstić information content (AvgIpc) is 2.77. The van der Waals surface area contributed by atoms with Crippen LogP contribution >= 0.6 is 0 Å². The van der Waals surface area contributed by atoms with Gasteiger partial charge in [0.1, 0.15) is 12.4 Å². The number of sulfonamides is 1. The number of amides is 1. The van der Waals surface area contributed by atoms with Crippen LogP contribution in [0.15, 0.2) is 78.0 Å². The standard InChI is InChI=1S/C21H21N3O4S/c1-22-29(26,27)20-10-6-18(7-11-20)21(25)24-14-16-4-8-19(9-5-16)28-15-17-3-2-12-23-13-17/h2-13,22H,14-15H2,1H3,(H,24,25). The molecule has 0 spiro atoms. The van der Waals surface area contributed by atoms with Crippen LogP contribution in [0, 0.1) is 0 Å². The zero-order valence-electron chi connectivity index (χ0n) is 15.8. The third-order valence-corrected chi connectivity index (χ3v) is 5.63. The minimum Gasteiger partial charge on any atom is -0.489 e. The van der Waals surface area contributed by atoms with Crippen LogP contribution in [0.25, 0.3) is 0 Å². The highest BCUT2D eigenvalue weighted by molar-refractivity contribution is 7.89. The number of carbonyl (C=O) groups excluding carboxylic acids is 1. The van der Waals surface area contributed by atoms with Crippen LogP contribution in [0.5, 0.6) is 5.75 Å². The van der Waals surface area contributed by atoms with E-state index in [2.05, 4.69) is 15.0 Å². The second-order valence-electron chi connectivity index (χ2n) is 6.21. The molecule has 0 aliphatic carbocycles. The Hall–Kier alpha value is -3.23. The summed E-state index contributed by atoms with van der Waals surface area (Å²) in [6.07, 6.45) is 3.47. The Kier molecular flexibility index (Phi) is 6.58. The van der Waals surface area contributed by atoms with Crippen LogP contribution in [0.1, 0.15) is 21.5 Å². The maximum absolute atomic E-state index is 12.3. The first-order valence-electron chi connectivity index (χ1n) is 8.90. The van der Waals surface area contributed by atoms with Crippen LogP contribution in [0.2, 0.25) is 0 Å². The summed E-state index contributed by atoms with van der Waals surface area (Å²) in [6, 6.07) is 17.0. The molecule has 29 heavy (non-hydrogen) atoms. The number of nitrogens with one attached hydrogen (secondary N) is 2. The maximum atomic E-state index is 12.3. The highest BCUT2D eigenvalue weighted by atomic mass is 32.2. The topological polar surface area (TPSA) is 97.4 Å². The lowest BCUT2D eigenvalue weighted by molar-refractivity contribution is 0.0951. The molecular formula is C21H21N3O4S. The third kappa shape index (κ3) is 5.63. The molecule has 3 rings (SSSR count). The number of aromatic nitrogens is 1. The summed E-state index contributed by atoms with van der Waals surface area (Å²) in [5.74, 6) is 0.445. The summed E-state index contributed by atoms with van der Waals surface area (Å²) in [5.41, 5.74) is 2.29. The second kappa shape index (κ2) is 9.31. The van der Waals surface area contributed by atoms with E-state index >= 15 is 0 Å². The van der Waals surface area contributed by atoms with Gasteiger partial charge in [0.15, 0.2) is 0 Å². The molecule has 2 aromatic carbocycles. The first-order valence-corrected chi connectivity index (χ1v) is 10.4. The van der Waals surface area contributed by atoms with Crippen molar-refractivity contribution in [3.8, 4) is 5.75 Å². The molecule has 8 heteroatoms. The molecule has 0 fully saturated rings. The van der Waals surface area contributed by atoms with Crippen molar-refractivity contribution in [2.24, 2.45) is 0 Å². The van der Waals surface area contributed by atoms with Gasteiger partial charge in [-0.05, 0) is 55.1 Å². The fraction of sp³-hybridized carbons (Fsp3) is 0.143. The van der Waals surface area contributed by atoms with Gasteiger partial charge in [0.2, 0.25) is 10.0 Å². The first-order chi connectivity index (χ1) is 14.0. The Morgan fingerprint density at radius 3 is 2.34 bits per heavy atom. The van der Waals surface area contributed by atoms with E-state index in [1.807, 2.05) is 36.4 Å². The van der Waals surface area contributed by atoms with Crippen molar-refractivity contribution in [1.29, 1.82) is 0 Å². The van der Waals surface area contributed by atoms with Crippen molar-refractivity contribution in [2.75, 3.05) is 7.05 Å². The minimum atomic E-state index is -3.52. The second-order valence-corrected chi connectivity index (χ2v) is 8.10. The number of ether oxygens (including phenoxy) is 1. The van der Waals surface area contributed by atoms with Gasteiger partial charge in [0.25, 0.3) is 5.91 Å². The monoisotopic (exact) mass is 411 g/mol. The number of benzene rings is 2. The van der Waals surface area contributed by atoms with Gasteiger partial charge in [-0.1, -0.05) is 18.2 Å². The minimum absolute atomic E-state index is 0.110. The Morgan fingerprint density at radius 2 is 1.72 bits per heavy atom. The molecule has 0 aliphatic rings. The van der Waals surface area contributed by atoms with Gasteiger partial charge in [-0.15, -0.1) is 0 Å². The smallest absolute Gasteiger partial charge is 0.251 e. The van der Waals surface area contributed by atoms with Crippen LogP contribution in [0.3, 0.4) is 0 Å². The SMILES string of the molecule is CNS(=O)(=O)c1ccc(C(=O)NCc2ccc(OCc3cccnc3)cc2)cc1. The fourth-order valence-corrected chi connectivity index (χ4v) is 3.27. The van der Waals surface area contributed by atoms with Gasteiger partial charge < -0.3 is 10.1 Å². The van der Waals surface area contributed by atoms with E-state index in [-0.39, 0.29) is 10.8 Å². The molecule has 3 aromatic rings. The Morgan fingerprint density at radius 1 is 1.00 bits per heavy atom. The van der Waals surface area contributed by atoms with E-state index < -0.39 is 10.0 Å². The summed E-state index contributed by atoms with van der Waals surface area (Å²) in [6.45, 7) is 0.779. The predicted molar refractivity (Wildman–Crippen MR) is 109 cm³/mol. The normalized spacial score (nSPS) is 11.1. The number of hydrogen-bond acceptors (Lipinski definition) is 5. The van der Waals surface area contributed by atoms with Crippen molar-refractivity contribution in [1.82, 2.24) is 15.0 Å². The molecule has 0 radical (unpaired) electrons. The molecule has 7 nitrogen and oxygen atoms in total. The van der Waals surface area contributed by atoms with E-state index in [1.54, 1.807) is 12.4 Å². The highest BCUT2D eigenvalue weighted by Gasteiger charge is 2.12. The van der Waals surface area contributed by atoms with Gasteiger partial charge >= 0.3 is 0 Å². The van der Waals surface area contributed by atoms with Crippen LogP contribution in [-0.2, 0) is 23.2 Å². The molecule has 1 aromatic heterocycles. The highest BCUT2D eigenvalue weighted by Crippen LogP contribution is 2.14. The van der Waals surface area contributed by atoms with Gasteiger partial charge in [0.05, 0.1) is 4.90 Å². The van der Waals surface area contributed by atoms with Crippen molar-refractivity contribution < 1.29 is 17.9 Å². The molecule has 2 N–H and O–H groups in total. The maximum Gasteiger partial charge on any atom is 0.251 e. The van der Waals surface area contributed by atoms with E-state index in [0.717, 1.165) is 16.9 Å². The first kappa shape index (κ1) is 20.5. The summed E-state index contributed by atoms with van der Waals surface area (Å²) < 4.78 is 31.4. The summed E-state index contributed by atoms with van der Waals surface area (Å²) >= 11 is 0. The lowest BCUT2D eigenvalue weighted by atomic mass is 10.2. The van der Waals surface area contributed by atoms with E-state index in [4.69, 9.17) is 4.74 Å². The lowest BCUT2D eigenvalue weighted by Crippen LogP contribution is -2.23. The molecule has 0 saturated heterocycles. The van der Waals surface area contributed by atoms with E-state index in [0.29, 0.717) is 18.7 Å². The van der Waals surface area contributed by atoms with E-state index in [9.17, 15) is 13.2 Å². The molecular weight excluding hydrogens is 390 g/mol. The fourth-order valence-electron chi connectivity index (χ4n) is 2.54. The number of rotatable bonds is 8. The lowest BCUT2D eigenvalue weighted by Gasteiger charge is -2.09.